The van der Waals surface area contributed by atoms with E-state index >= 15 is 0 Å². The van der Waals surface area contributed by atoms with Crippen LogP contribution in [-0.2, 0) is 37.4 Å². The fourth-order valence-corrected chi connectivity index (χ4v) is 5.76. The minimum absolute atomic E-state index is 0.0294. The van der Waals surface area contributed by atoms with Crippen LogP contribution in [0.2, 0.25) is 0 Å². The van der Waals surface area contributed by atoms with Crippen molar-refractivity contribution in [1.82, 2.24) is 24.6 Å². The summed E-state index contributed by atoms with van der Waals surface area (Å²) in [5.74, 6) is -1.61. The second-order valence-electron chi connectivity index (χ2n) is 10.6. The van der Waals surface area contributed by atoms with Gasteiger partial charge in [-0.1, -0.05) is 13.8 Å². The molecule has 17 nitrogen and oxygen atoms in total. The molecule has 0 radical (unpaired) electrons. The van der Waals surface area contributed by atoms with Gasteiger partial charge in [-0.2, -0.15) is 9.97 Å². The molecule has 3 rings (SSSR count). The molecule has 6 atom stereocenters. The number of methoxy groups -OCH3 is 2. The zero-order valence-corrected chi connectivity index (χ0v) is 25.4. The molecule has 0 saturated carbocycles. The minimum Gasteiger partial charge on any atom is -0.479 e. The number of aromatic nitrogens is 4. The summed E-state index contributed by atoms with van der Waals surface area (Å²) in [6.07, 6.45) is -3.07. The number of nitrogens with one attached hydrogen (secondary N) is 1. The third-order valence-electron chi connectivity index (χ3n) is 6.24. The molecule has 236 valence electrons. The average molecular weight is 619 g/mol. The van der Waals surface area contributed by atoms with Crippen molar-refractivity contribution in [2.24, 2.45) is 5.92 Å². The smallest absolute Gasteiger partial charge is 0.406 e. The molecule has 1 saturated heterocycles. The van der Waals surface area contributed by atoms with Gasteiger partial charge in [0.15, 0.2) is 24.0 Å². The van der Waals surface area contributed by atoms with E-state index in [9.17, 15) is 24.4 Å². The lowest BCUT2D eigenvalue weighted by Crippen LogP contribution is -2.44. The van der Waals surface area contributed by atoms with E-state index in [-0.39, 0.29) is 35.3 Å². The number of imidazole rings is 1. The Bertz CT molecular complexity index is 1300. The lowest BCUT2D eigenvalue weighted by atomic mass is 9.96. The molecule has 0 amide bonds. The largest absolute Gasteiger partial charge is 0.479 e. The van der Waals surface area contributed by atoms with Crippen LogP contribution in [0, 0.1) is 5.92 Å². The van der Waals surface area contributed by atoms with Gasteiger partial charge in [-0.05, 0) is 33.1 Å². The molecule has 0 aliphatic carbocycles. The number of aliphatic hydroxyl groups is 2. The number of rotatable bonds is 14. The van der Waals surface area contributed by atoms with Crippen LogP contribution in [0.25, 0.3) is 11.2 Å². The number of ether oxygens (including phenoxy) is 4. The van der Waals surface area contributed by atoms with Crippen molar-refractivity contribution in [2.75, 3.05) is 33.2 Å². The number of carbonyl (C=O) groups excluding carboxylic acids is 2. The first kappa shape index (κ1) is 33.6. The van der Waals surface area contributed by atoms with Gasteiger partial charge in [0.25, 0.3) is 0 Å². The Hall–Kier alpha value is -2.92. The first-order valence-electron chi connectivity index (χ1n) is 13.2. The summed E-state index contributed by atoms with van der Waals surface area (Å²) < 4.78 is 47.0. The van der Waals surface area contributed by atoms with Crippen LogP contribution in [0.15, 0.2) is 6.33 Å². The quantitative estimate of drug-likeness (QED) is 0.169. The van der Waals surface area contributed by atoms with Gasteiger partial charge in [-0.15, -0.1) is 0 Å². The number of anilines is 1. The van der Waals surface area contributed by atoms with Gasteiger partial charge < -0.3 is 34.9 Å². The summed E-state index contributed by atoms with van der Waals surface area (Å²) >= 11 is 0. The number of aliphatic hydroxyl groups excluding tert-OH is 1. The standard InChI is InChI=1S/C24H39N6O11P/c1-12(2)8-14(21(33)37-7)29-42(35,39-10-16(31)40-13(3)4)38-9-15-18(32)24(5,34)22(41-15)30-11-26-17-19(30)27-23(25)28-20(17)36-6/h11-15,18,22,32,34H,8-10H2,1-7H3,(H,29,35)(H2,25,27,28)/t14-,15+,18+,22+,24+,42?/m0/s1. The molecular weight excluding hydrogens is 579 g/mol. The van der Waals surface area contributed by atoms with Gasteiger partial charge in [0, 0.05) is 0 Å². The highest BCUT2D eigenvalue weighted by Gasteiger charge is 2.54. The van der Waals surface area contributed by atoms with E-state index in [0.717, 1.165) is 0 Å². The number of hydrogen-bond acceptors (Lipinski definition) is 15. The first-order chi connectivity index (χ1) is 19.6. The van der Waals surface area contributed by atoms with Crippen molar-refractivity contribution in [3.05, 3.63) is 6.33 Å². The highest BCUT2D eigenvalue weighted by atomic mass is 31.2. The second kappa shape index (κ2) is 13.6. The molecule has 1 aliphatic rings. The minimum atomic E-state index is -4.45. The molecule has 0 bridgehead atoms. The third kappa shape index (κ3) is 7.72. The van der Waals surface area contributed by atoms with Crippen LogP contribution in [0.3, 0.4) is 0 Å². The molecule has 1 aliphatic heterocycles. The number of nitrogens with two attached hydrogens (primary N) is 1. The number of carbonyl (C=O) groups is 2. The van der Waals surface area contributed by atoms with Gasteiger partial charge >= 0.3 is 19.7 Å². The van der Waals surface area contributed by atoms with Crippen LogP contribution in [-0.4, -0.2) is 99.1 Å². The Morgan fingerprint density at radius 2 is 1.93 bits per heavy atom. The molecule has 0 aromatic carbocycles. The van der Waals surface area contributed by atoms with Gasteiger partial charge in [0.2, 0.25) is 11.8 Å². The number of esters is 2. The molecule has 3 heterocycles. The van der Waals surface area contributed by atoms with Crippen molar-refractivity contribution in [3.8, 4) is 5.88 Å². The molecule has 42 heavy (non-hydrogen) atoms. The fourth-order valence-electron chi connectivity index (χ4n) is 4.32. The number of nitrogen functional groups attached to an aromatic ring is 1. The van der Waals surface area contributed by atoms with Crippen LogP contribution < -0.4 is 15.6 Å². The zero-order chi connectivity index (χ0) is 31.4. The Morgan fingerprint density at radius 1 is 1.24 bits per heavy atom. The van der Waals surface area contributed by atoms with Crippen molar-refractivity contribution in [2.45, 2.75) is 77.2 Å². The summed E-state index contributed by atoms with van der Waals surface area (Å²) in [6.45, 7) is 6.89. The van der Waals surface area contributed by atoms with Crippen molar-refractivity contribution in [1.29, 1.82) is 0 Å². The van der Waals surface area contributed by atoms with Gasteiger partial charge in [-0.25, -0.2) is 19.4 Å². The SMILES string of the molecule is COC(=O)[C@H](CC(C)C)NP(=O)(OCC(=O)OC(C)C)OC[C@H]1O[C@@H](n2cnc3c(OC)nc(N)nc32)[C@](C)(O)[C@@H]1O. The normalized spacial score (nSPS) is 24.6. The molecule has 2 aromatic heterocycles. The van der Waals surface area contributed by atoms with Crippen LogP contribution in [0.4, 0.5) is 5.95 Å². The summed E-state index contributed by atoms with van der Waals surface area (Å²) in [6, 6.07) is -1.12. The van der Waals surface area contributed by atoms with E-state index in [2.05, 4.69) is 20.0 Å². The van der Waals surface area contributed by atoms with Gasteiger partial charge in [0.1, 0.15) is 23.9 Å². The maximum atomic E-state index is 13.8. The van der Waals surface area contributed by atoms with Crippen molar-refractivity contribution >= 4 is 36.8 Å². The summed E-state index contributed by atoms with van der Waals surface area (Å²) in [5.41, 5.74) is 4.25. The lowest BCUT2D eigenvalue weighted by Gasteiger charge is -2.27. The Morgan fingerprint density at radius 3 is 2.52 bits per heavy atom. The van der Waals surface area contributed by atoms with Crippen molar-refractivity contribution in [3.63, 3.8) is 0 Å². The molecule has 2 aromatic rings. The third-order valence-corrected chi connectivity index (χ3v) is 7.83. The molecule has 5 N–H and O–H groups in total. The molecular formula is C24H39N6O11P. The van der Waals surface area contributed by atoms with Crippen molar-refractivity contribution < 1.29 is 52.4 Å². The molecule has 18 heteroatoms. The maximum Gasteiger partial charge on any atom is 0.406 e. The van der Waals surface area contributed by atoms with Gasteiger partial charge in [-0.3, -0.25) is 18.4 Å². The van der Waals surface area contributed by atoms with E-state index in [0.29, 0.717) is 0 Å². The summed E-state index contributed by atoms with van der Waals surface area (Å²) in [4.78, 5) is 36.9. The zero-order valence-electron chi connectivity index (χ0n) is 24.5. The molecule has 0 spiro atoms. The Kier molecular flexibility index (Phi) is 10.9. The number of fused-ring (bicyclic) bond motifs is 1. The topological polar surface area (TPSA) is 229 Å². The second-order valence-corrected chi connectivity index (χ2v) is 12.3. The van der Waals surface area contributed by atoms with E-state index < -0.39 is 69.1 Å². The van der Waals surface area contributed by atoms with E-state index in [4.69, 9.17) is 33.7 Å². The van der Waals surface area contributed by atoms with Crippen LogP contribution in [0.1, 0.15) is 47.3 Å². The predicted octanol–water partition coefficient (Wildman–Crippen LogP) is 0.697. The van der Waals surface area contributed by atoms with Crippen LogP contribution in [0.5, 0.6) is 5.88 Å². The monoisotopic (exact) mass is 618 g/mol. The maximum absolute atomic E-state index is 13.8. The molecule has 1 unspecified atom stereocenters. The van der Waals surface area contributed by atoms with Crippen LogP contribution >= 0.6 is 7.75 Å². The average Bonchev–Trinajstić information content (AvgIpc) is 3.42. The predicted molar refractivity (Wildman–Crippen MR) is 146 cm³/mol. The highest BCUT2D eigenvalue weighted by Crippen LogP contribution is 2.47. The Labute approximate surface area is 242 Å². The highest BCUT2D eigenvalue weighted by molar-refractivity contribution is 7.51. The lowest BCUT2D eigenvalue weighted by molar-refractivity contribution is -0.150. The fraction of sp³-hybridized carbons (Fsp3) is 0.708. The van der Waals surface area contributed by atoms with E-state index in [1.165, 1.54) is 32.0 Å². The number of hydrogen-bond donors (Lipinski definition) is 4. The number of nitrogens with zero attached hydrogens (tertiary/aromatic N) is 4. The first-order valence-corrected chi connectivity index (χ1v) is 14.7. The van der Waals surface area contributed by atoms with E-state index in [1.54, 1.807) is 13.8 Å². The summed E-state index contributed by atoms with van der Waals surface area (Å²) in [5, 5.41) is 24.8. The van der Waals surface area contributed by atoms with Gasteiger partial charge in [0.05, 0.1) is 33.3 Å². The van der Waals surface area contributed by atoms with E-state index in [1.807, 2.05) is 13.8 Å². The summed E-state index contributed by atoms with van der Waals surface area (Å²) in [7, 11) is -1.90. The Balaban J connectivity index is 1.85. The molecule has 1 fully saturated rings.